The van der Waals surface area contributed by atoms with Crippen molar-refractivity contribution in [3.8, 4) is 0 Å². The predicted octanol–water partition coefficient (Wildman–Crippen LogP) is 5.65. The van der Waals surface area contributed by atoms with Crippen molar-refractivity contribution >= 4 is 17.6 Å². The molecule has 2 heterocycles. The van der Waals surface area contributed by atoms with Gasteiger partial charge in [-0.15, -0.1) is 0 Å². The first-order chi connectivity index (χ1) is 16.3. The molecule has 1 aromatic rings. The van der Waals surface area contributed by atoms with E-state index in [1.54, 1.807) is 6.08 Å². The van der Waals surface area contributed by atoms with Crippen molar-refractivity contribution in [3.05, 3.63) is 53.3 Å². The first-order valence-electron chi connectivity index (χ1n) is 13.1. The van der Waals surface area contributed by atoms with Crippen LogP contribution in [0.25, 0.3) is 0 Å². The molecule has 0 radical (unpaired) electrons. The number of carbonyl (C=O) groups is 2. The van der Waals surface area contributed by atoms with Crippen LogP contribution in [-0.2, 0) is 24.5 Å². The molecule has 1 aromatic carbocycles. The zero-order valence-corrected chi connectivity index (χ0v) is 20.5. The molecule has 4 saturated carbocycles. The van der Waals surface area contributed by atoms with Crippen molar-refractivity contribution in [2.45, 2.75) is 76.9 Å². The minimum Gasteiger partial charge on any atom is -0.418 e. The predicted molar refractivity (Wildman–Crippen MR) is 130 cm³/mol. The standard InChI is InChI=1S/C29H35NO4/c1-4-5-12-30-24-9-7-6-8-23(24)28(2,3)25(30)11-10-22-26(31)33-29(34-27(22)32)20-14-18-13-19(16-20)17-21(29)15-18/h6-11,18-21H,4-5,12-17H2,1-3H3/b22-10?,25-11+. The first kappa shape index (κ1) is 21.9. The molecule has 0 aromatic heterocycles. The van der Waals surface area contributed by atoms with E-state index in [9.17, 15) is 9.59 Å². The lowest BCUT2D eigenvalue weighted by Crippen LogP contribution is -2.63. The number of esters is 2. The number of nitrogens with zero attached hydrogens (tertiary/aromatic N) is 1. The number of allylic oxidation sites excluding steroid dienone is 3. The highest BCUT2D eigenvalue weighted by Crippen LogP contribution is 2.61. The summed E-state index contributed by atoms with van der Waals surface area (Å²) in [4.78, 5) is 28.7. The number of unbranched alkanes of at least 4 members (excludes halogenated alkanes) is 1. The number of carbonyl (C=O) groups excluding carboxylic acids is 2. The van der Waals surface area contributed by atoms with Gasteiger partial charge < -0.3 is 14.4 Å². The molecular formula is C29H35NO4. The second-order valence-corrected chi connectivity index (χ2v) is 11.6. The monoisotopic (exact) mass is 461 g/mol. The Kier molecular flexibility index (Phi) is 4.98. The summed E-state index contributed by atoms with van der Waals surface area (Å²) < 4.78 is 12.1. The van der Waals surface area contributed by atoms with E-state index in [1.165, 1.54) is 17.7 Å². The largest absolute Gasteiger partial charge is 0.418 e. The summed E-state index contributed by atoms with van der Waals surface area (Å²) in [6, 6.07) is 8.46. The summed E-state index contributed by atoms with van der Waals surface area (Å²) >= 11 is 0. The van der Waals surface area contributed by atoms with Crippen LogP contribution < -0.4 is 4.90 Å². The third kappa shape index (κ3) is 3.11. The van der Waals surface area contributed by atoms with Crippen LogP contribution in [0.15, 0.2) is 47.7 Å². The van der Waals surface area contributed by atoms with Gasteiger partial charge in [0.1, 0.15) is 5.57 Å². The molecule has 0 N–H and O–H groups in total. The van der Waals surface area contributed by atoms with E-state index in [-0.39, 0.29) is 22.8 Å². The maximum Gasteiger partial charge on any atom is 0.348 e. The highest BCUT2D eigenvalue weighted by molar-refractivity contribution is 6.15. The maximum atomic E-state index is 13.2. The summed E-state index contributed by atoms with van der Waals surface area (Å²) in [6.45, 7) is 7.48. The molecule has 34 heavy (non-hydrogen) atoms. The number of hydrogen-bond donors (Lipinski definition) is 0. The topological polar surface area (TPSA) is 55.8 Å². The molecule has 0 atom stereocenters. The molecule has 6 aliphatic rings. The lowest BCUT2D eigenvalue weighted by Gasteiger charge is -2.59. The van der Waals surface area contributed by atoms with Gasteiger partial charge in [-0.3, -0.25) is 0 Å². The lowest BCUT2D eigenvalue weighted by molar-refractivity contribution is -0.313. The van der Waals surface area contributed by atoms with Gasteiger partial charge in [0.2, 0.25) is 0 Å². The fourth-order valence-electron chi connectivity index (χ4n) is 7.67. The fraction of sp³-hybridized carbons (Fsp3) is 0.586. The average molecular weight is 462 g/mol. The number of rotatable bonds is 4. The number of fused-ring (bicyclic) bond motifs is 1. The van der Waals surface area contributed by atoms with Crippen molar-refractivity contribution in [1.82, 2.24) is 0 Å². The van der Waals surface area contributed by atoms with E-state index < -0.39 is 17.7 Å². The Morgan fingerprint density at radius 2 is 1.56 bits per heavy atom. The smallest absolute Gasteiger partial charge is 0.348 e. The second-order valence-electron chi connectivity index (χ2n) is 11.6. The Bertz CT molecular complexity index is 1050. The summed E-state index contributed by atoms with van der Waals surface area (Å²) in [5, 5.41) is 0. The van der Waals surface area contributed by atoms with Gasteiger partial charge in [0.25, 0.3) is 5.79 Å². The molecule has 5 heteroatoms. The Balaban J connectivity index is 1.31. The fourth-order valence-corrected chi connectivity index (χ4v) is 7.67. The van der Waals surface area contributed by atoms with Gasteiger partial charge in [0, 0.05) is 35.2 Å². The number of anilines is 1. The highest BCUT2D eigenvalue weighted by atomic mass is 16.7. The summed E-state index contributed by atoms with van der Waals surface area (Å²) in [5.74, 6) is -0.348. The summed E-state index contributed by atoms with van der Waals surface area (Å²) in [5.41, 5.74) is 3.33. The Morgan fingerprint density at radius 1 is 0.941 bits per heavy atom. The molecule has 1 saturated heterocycles. The van der Waals surface area contributed by atoms with E-state index in [4.69, 9.17) is 9.47 Å². The Hall–Kier alpha value is -2.56. The Morgan fingerprint density at radius 3 is 2.18 bits per heavy atom. The molecule has 1 spiro atoms. The molecule has 0 unspecified atom stereocenters. The van der Waals surface area contributed by atoms with E-state index >= 15 is 0 Å². The van der Waals surface area contributed by atoms with Gasteiger partial charge in [-0.2, -0.15) is 0 Å². The van der Waals surface area contributed by atoms with E-state index in [2.05, 4.69) is 49.9 Å². The first-order valence-corrected chi connectivity index (χ1v) is 13.1. The van der Waals surface area contributed by atoms with Gasteiger partial charge in [-0.25, -0.2) is 9.59 Å². The van der Waals surface area contributed by atoms with E-state index in [0.29, 0.717) is 11.8 Å². The molecule has 5 nitrogen and oxygen atoms in total. The van der Waals surface area contributed by atoms with Crippen LogP contribution in [-0.4, -0.2) is 24.3 Å². The average Bonchev–Trinajstić information content (AvgIpc) is 3.01. The zero-order chi connectivity index (χ0) is 23.7. The normalized spacial score (nSPS) is 36.1. The van der Waals surface area contributed by atoms with Gasteiger partial charge >= 0.3 is 11.9 Å². The van der Waals surface area contributed by atoms with Crippen molar-refractivity contribution < 1.29 is 19.1 Å². The molecule has 4 aliphatic carbocycles. The van der Waals surface area contributed by atoms with Gasteiger partial charge in [0.15, 0.2) is 0 Å². The minimum absolute atomic E-state index is 0.00845. The van der Waals surface area contributed by atoms with Crippen molar-refractivity contribution in [3.63, 3.8) is 0 Å². The van der Waals surface area contributed by atoms with Crippen LogP contribution in [0.2, 0.25) is 0 Å². The van der Waals surface area contributed by atoms with Crippen LogP contribution in [0.4, 0.5) is 5.69 Å². The van der Waals surface area contributed by atoms with Crippen molar-refractivity contribution in [1.29, 1.82) is 0 Å². The molecular weight excluding hydrogens is 426 g/mol. The maximum absolute atomic E-state index is 13.2. The number of hydrogen-bond acceptors (Lipinski definition) is 5. The minimum atomic E-state index is -1.03. The molecule has 4 bridgehead atoms. The zero-order valence-electron chi connectivity index (χ0n) is 20.5. The Labute approximate surface area is 202 Å². The SMILES string of the molecule is CCCCN1/C(=C/C=C2C(=O)OC3(OC2=O)C2CC4CC(C2)CC3C4)C(C)(C)c2ccccc21. The quantitative estimate of drug-likeness (QED) is 0.330. The number of benzene rings is 1. The van der Waals surface area contributed by atoms with Crippen LogP contribution in [0, 0.1) is 23.7 Å². The second kappa shape index (κ2) is 7.73. The summed E-state index contributed by atoms with van der Waals surface area (Å²) in [7, 11) is 0. The third-order valence-corrected chi connectivity index (χ3v) is 9.16. The van der Waals surface area contributed by atoms with Gasteiger partial charge in [-0.05, 0) is 74.1 Å². The number of para-hydroxylation sites is 1. The number of ether oxygens (including phenoxy) is 2. The van der Waals surface area contributed by atoms with Crippen LogP contribution >= 0.6 is 0 Å². The molecule has 180 valence electrons. The van der Waals surface area contributed by atoms with Crippen molar-refractivity contribution in [2.24, 2.45) is 23.7 Å². The van der Waals surface area contributed by atoms with Crippen molar-refractivity contribution in [2.75, 3.05) is 11.4 Å². The van der Waals surface area contributed by atoms with Gasteiger partial charge in [0.05, 0.1) is 0 Å². The molecule has 2 aliphatic heterocycles. The van der Waals surface area contributed by atoms with Crippen LogP contribution in [0.1, 0.15) is 71.3 Å². The van der Waals surface area contributed by atoms with Gasteiger partial charge in [-0.1, -0.05) is 45.4 Å². The molecule has 7 rings (SSSR count). The molecule has 0 amide bonds. The van der Waals surface area contributed by atoms with Crippen LogP contribution in [0.5, 0.6) is 0 Å². The van der Waals surface area contributed by atoms with E-state index in [0.717, 1.165) is 50.8 Å². The van der Waals surface area contributed by atoms with Crippen LogP contribution in [0.3, 0.4) is 0 Å². The molecule has 5 fully saturated rings. The van der Waals surface area contributed by atoms with E-state index in [1.807, 2.05) is 6.08 Å². The third-order valence-electron chi connectivity index (χ3n) is 9.16. The lowest BCUT2D eigenvalue weighted by atomic mass is 9.53. The highest BCUT2D eigenvalue weighted by Gasteiger charge is 2.64. The summed E-state index contributed by atoms with van der Waals surface area (Å²) in [6.07, 6.45) is 11.1.